The van der Waals surface area contributed by atoms with Crippen LogP contribution in [0.2, 0.25) is 0 Å². The summed E-state index contributed by atoms with van der Waals surface area (Å²) in [5.74, 6) is -0.0364. The van der Waals surface area contributed by atoms with Crippen molar-refractivity contribution in [2.24, 2.45) is 11.7 Å². The van der Waals surface area contributed by atoms with Crippen LogP contribution in [0.1, 0.15) is 33.1 Å². The Labute approximate surface area is 133 Å². The quantitative estimate of drug-likeness (QED) is 0.757. The molecule has 2 fully saturated rings. The van der Waals surface area contributed by atoms with Crippen molar-refractivity contribution in [2.45, 2.75) is 45.2 Å². The molecule has 2 N–H and O–H groups in total. The molecule has 0 aromatic rings. The summed E-state index contributed by atoms with van der Waals surface area (Å²) in [5, 5.41) is 0. The normalized spacial score (nSPS) is 27.5. The van der Waals surface area contributed by atoms with Gasteiger partial charge in [0.05, 0.1) is 5.92 Å². The first-order valence-corrected chi connectivity index (χ1v) is 8.46. The average molecular weight is 310 g/mol. The number of amides is 2. The highest BCUT2D eigenvalue weighted by Gasteiger charge is 2.38. The summed E-state index contributed by atoms with van der Waals surface area (Å²) < 4.78 is 0. The Hall–Kier alpha value is -1.14. The molecule has 6 heteroatoms. The molecule has 0 radical (unpaired) electrons. The van der Waals surface area contributed by atoms with E-state index in [1.807, 2.05) is 11.8 Å². The Bertz CT molecular complexity index is 415. The van der Waals surface area contributed by atoms with Gasteiger partial charge in [-0.05, 0) is 32.9 Å². The lowest BCUT2D eigenvalue weighted by atomic mass is 10.1. The fourth-order valence-corrected chi connectivity index (χ4v) is 3.55. The van der Waals surface area contributed by atoms with Crippen molar-refractivity contribution < 1.29 is 9.59 Å². The Kier molecular flexibility index (Phi) is 5.81. The van der Waals surface area contributed by atoms with Gasteiger partial charge in [-0.3, -0.25) is 14.5 Å². The third kappa shape index (κ3) is 3.60. The maximum atomic E-state index is 12.5. The molecular weight excluding hydrogens is 280 g/mol. The van der Waals surface area contributed by atoms with E-state index in [0.29, 0.717) is 25.6 Å². The standard InChI is InChI=1S/C16H30N4O2/c1-4-19-7-5-6-14(19)11-20-10-13(8-15(20)21)16(22)18(3)12(2)9-17/h12-14H,4-11,17H2,1-3H3. The predicted octanol–water partition coefficient (Wildman–Crippen LogP) is 0.125. The van der Waals surface area contributed by atoms with Crippen LogP contribution < -0.4 is 5.73 Å². The molecule has 0 spiro atoms. The van der Waals surface area contributed by atoms with E-state index < -0.39 is 0 Å². The summed E-state index contributed by atoms with van der Waals surface area (Å²) in [6.07, 6.45) is 2.71. The molecule has 22 heavy (non-hydrogen) atoms. The van der Waals surface area contributed by atoms with Crippen LogP contribution in [-0.2, 0) is 9.59 Å². The van der Waals surface area contributed by atoms with E-state index in [-0.39, 0.29) is 23.8 Å². The summed E-state index contributed by atoms with van der Waals surface area (Å²) in [6, 6.07) is 0.477. The summed E-state index contributed by atoms with van der Waals surface area (Å²) in [7, 11) is 1.78. The highest BCUT2D eigenvalue weighted by atomic mass is 16.2. The number of likely N-dealkylation sites (N-methyl/N-ethyl adjacent to an activating group) is 2. The van der Waals surface area contributed by atoms with Crippen molar-refractivity contribution in [2.75, 3.05) is 39.8 Å². The Balaban J connectivity index is 1.91. The van der Waals surface area contributed by atoms with Crippen molar-refractivity contribution >= 4 is 11.8 Å². The highest BCUT2D eigenvalue weighted by Crippen LogP contribution is 2.24. The van der Waals surface area contributed by atoms with Crippen molar-refractivity contribution in [3.8, 4) is 0 Å². The summed E-state index contributed by atoms with van der Waals surface area (Å²) in [6.45, 7) is 8.04. The van der Waals surface area contributed by atoms with E-state index in [2.05, 4.69) is 11.8 Å². The lowest BCUT2D eigenvalue weighted by Gasteiger charge is -2.29. The highest BCUT2D eigenvalue weighted by molar-refractivity contribution is 5.89. The van der Waals surface area contributed by atoms with Gasteiger partial charge in [0.25, 0.3) is 0 Å². The number of carbonyl (C=O) groups excluding carboxylic acids is 2. The second-order valence-corrected chi connectivity index (χ2v) is 6.66. The summed E-state index contributed by atoms with van der Waals surface area (Å²) in [5.41, 5.74) is 5.63. The number of carbonyl (C=O) groups is 2. The Morgan fingerprint density at radius 1 is 1.50 bits per heavy atom. The first-order valence-electron chi connectivity index (χ1n) is 8.46. The van der Waals surface area contributed by atoms with Gasteiger partial charge in [0, 0.05) is 45.2 Å². The van der Waals surface area contributed by atoms with E-state index in [1.165, 1.54) is 6.42 Å². The zero-order valence-electron chi connectivity index (χ0n) is 14.1. The minimum atomic E-state index is -0.206. The molecule has 2 aliphatic rings. The largest absolute Gasteiger partial charge is 0.341 e. The van der Waals surface area contributed by atoms with Gasteiger partial charge < -0.3 is 15.5 Å². The van der Waals surface area contributed by atoms with Crippen LogP contribution in [0.4, 0.5) is 0 Å². The minimum absolute atomic E-state index is 0.0158. The van der Waals surface area contributed by atoms with Gasteiger partial charge in [-0.25, -0.2) is 0 Å². The fraction of sp³-hybridized carbons (Fsp3) is 0.875. The monoisotopic (exact) mass is 310 g/mol. The molecule has 0 saturated carbocycles. The Morgan fingerprint density at radius 2 is 2.23 bits per heavy atom. The van der Waals surface area contributed by atoms with Crippen LogP contribution in [0.3, 0.4) is 0 Å². The van der Waals surface area contributed by atoms with Crippen molar-refractivity contribution in [1.29, 1.82) is 0 Å². The topological polar surface area (TPSA) is 69.9 Å². The van der Waals surface area contributed by atoms with E-state index >= 15 is 0 Å². The average Bonchev–Trinajstić information content (AvgIpc) is 3.12. The lowest BCUT2D eigenvalue weighted by Crippen LogP contribution is -2.44. The summed E-state index contributed by atoms with van der Waals surface area (Å²) >= 11 is 0. The van der Waals surface area contributed by atoms with Gasteiger partial charge in [0.2, 0.25) is 11.8 Å². The van der Waals surface area contributed by atoms with Crippen LogP contribution in [0, 0.1) is 5.92 Å². The SMILES string of the molecule is CCN1CCCC1CN1CC(C(=O)N(C)C(C)CN)CC1=O. The molecule has 2 amide bonds. The van der Waals surface area contributed by atoms with E-state index in [9.17, 15) is 9.59 Å². The first-order chi connectivity index (χ1) is 10.5. The van der Waals surface area contributed by atoms with Crippen LogP contribution in [0.25, 0.3) is 0 Å². The lowest BCUT2D eigenvalue weighted by molar-refractivity contribution is -0.136. The second kappa shape index (κ2) is 7.42. The molecule has 2 aliphatic heterocycles. The van der Waals surface area contributed by atoms with E-state index in [1.54, 1.807) is 11.9 Å². The number of nitrogens with zero attached hydrogens (tertiary/aromatic N) is 3. The minimum Gasteiger partial charge on any atom is -0.341 e. The molecule has 0 aliphatic carbocycles. The second-order valence-electron chi connectivity index (χ2n) is 6.66. The maximum absolute atomic E-state index is 12.5. The molecule has 6 nitrogen and oxygen atoms in total. The van der Waals surface area contributed by atoms with Crippen LogP contribution >= 0.6 is 0 Å². The van der Waals surface area contributed by atoms with Gasteiger partial charge in [-0.1, -0.05) is 6.92 Å². The molecule has 0 bridgehead atoms. The molecule has 3 atom stereocenters. The molecule has 2 saturated heterocycles. The molecule has 2 heterocycles. The number of hydrogen-bond donors (Lipinski definition) is 1. The zero-order valence-corrected chi connectivity index (χ0v) is 14.1. The first kappa shape index (κ1) is 17.2. The fourth-order valence-electron chi connectivity index (χ4n) is 3.55. The third-order valence-corrected chi connectivity index (χ3v) is 5.25. The number of rotatable bonds is 6. The van der Waals surface area contributed by atoms with Gasteiger partial charge in [0.15, 0.2) is 0 Å². The van der Waals surface area contributed by atoms with Crippen LogP contribution in [-0.4, -0.2) is 78.4 Å². The smallest absolute Gasteiger partial charge is 0.228 e. The number of nitrogens with two attached hydrogens (primary N) is 1. The molecule has 126 valence electrons. The number of likely N-dealkylation sites (tertiary alicyclic amines) is 2. The summed E-state index contributed by atoms with van der Waals surface area (Å²) in [4.78, 5) is 30.7. The van der Waals surface area contributed by atoms with Crippen LogP contribution in [0.15, 0.2) is 0 Å². The van der Waals surface area contributed by atoms with Crippen LogP contribution in [0.5, 0.6) is 0 Å². The molecule has 0 aromatic carbocycles. The van der Waals surface area contributed by atoms with Gasteiger partial charge in [-0.2, -0.15) is 0 Å². The molecule has 0 aromatic heterocycles. The predicted molar refractivity (Wildman–Crippen MR) is 86.2 cm³/mol. The number of hydrogen-bond acceptors (Lipinski definition) is 4. The maximum Gasteiger partial charge on any atom is 0.228 e. The molecule has 2 rings (SSSR count). The van der Waals surface area contributed by atoms with E-state index in [0.717, 1.165) is 26.1 Å². The molecule has 3 unspecified atom stereocenters. The van der Waals surface area contributed by atoms with Gasteiger partial charge in [-0.15, -0.1) is 0 Å². The van der Waals surface area contributed by atoms with Gasteiger partial charge >= 0.3 is 0 Å². The zero-order chi connectivity index (χ0) is 16.3. The van der Waals surface area contributed by atoms with Gasteiger partial charge in [0.1, 0.15) is 0 Å². The van der Waals surface area contributed by atoms with E-state index in [4.69, 9.17) is 5.73 Å². The Morgan fingerprint density at radius 3 is 2.86 bits per heavy atom. The van der Waals surface area contributed by atoms with Crippen molar-refractivity contribution in [1.82, 2.24) is 14.7 Å². The third-order valence-electron chi connectivity index (χ3n) is 5.25. The molecular formula is C16H30N4O2. The van der Waals surface area contributed by atoms with Crippen molar-refractivity contribution in [3.05, 3.63) is 0 Å². The van der Waals surface area contributed by atoms with Crippen molar-refractivity contribution in [3.63, 3.8) is 0 Å².